The number of hydrogen-bond acceptors (Lipinski definition) is 3. The largest absolute Gasteiger partial charge is 0.450 e. The minimum absolute atomic E-state index is 0.104. The topological polar surface area (TPSA) is 35.5 Å². The van der Waals surface area contributed by atoms with E-state index >= 15 is 0 Å². The number of methoxy groups -OCH3 is 1. The van der Waals surface area contributed by atoms with E-state index in [0.717, 1.165) is 42.0 Å². The van der Waals surface area contributed by atoms with Crippen molar-refractivity contribution in [2.75, 3.05) is 13.7 Å². The molecule has 2 aromatic carbocycles. The van der Waals surface area contributed by atoms with E-state index in [1.54, 1.807) is 6.08 Å². The van der Waals surface area contributed by atoms with Crippen molar-refractivity contribution in [1.82, 2.24) is 0 Å². The molecule has 3 rings (SSSR count). The van der Waals surface area contributed by atoms with Crippen molar-refractivity contribution in [2.24, 2.45) is 0 Å². The van der Waals surface area contributed by atoms with Crippen molar-refractivity contribution in [3.8, 4) is 23.7 Å². The summed E-state index contributed by atoms with van der Waals surface area (Å²) in [6.45, 7) is -0.104. The quantitative estimate of drug-likeness (QED) is 0.580. The first-order chi connectivity index (χ1) is 13.3. The summed E-state index contributed by atoms with van der Waals surface area (Å²) in [4.78, 5) is 12.2. The summed E-state index contributed by atoms with van der Waals surface area (Å²) in [6, 6.07) is 14.0. The first-order valence-corrected chi connectivity index (χ1v) is 9.13. The van der Waals surface area contributed by atoms with Crippen LogP contribution >= 0.6 is 0 Å². The lowest BCUT2D eigenvalue weighted by atomic mass is 9.95. The van der Waals surface area contributed by atoms with Gasteiger partial charge in [0, 0.05) is 31.6 Å². The Bertz CT molecular complexity index is 958. The summed E-state index contributed by atoms with van der Waals surface area (Å²) in [5.41, 5.74) is 1.60. The Hall–Kier alpha value is -3.01. The Balaban J connectivity index is 2.09. The summed E-state index contributed by atoms with van der Waals surface area (Å²) in [6.07, 6.45) is 4.92. The molecule has 1 aliphatic rings. The third-order valence-electron chi connectivity index (χ3n) is 4.32. The Morgan fingerprint density at radius 3 is 2.70 bits per heavy atom. The molecule has 1 atom stereocenters. The molecule has 0 radical (unpaired) electrons. The van der Waals surface area contributed by atoms with Crippen LogP contribution in [0.15, 0.2) is 54.1 Å². The molecule has 0 amide bonds. The van der Waals surface area contributed by atoms with E-state index in [1.165, 1.54) is 7.11 Å². The van der Waals surface area contributed by atoms with E-state index in [0.29, 0.717) is 5.57 Å². The molecule has 0 bridgehead atoms. The molecule has 0 N–H and O–H groups in total. The predicted molar refractivity (Wildman–Crippen MR) is 107 cm³/mol. The van der Waals surface area contributed by atoms with Gasteiger partial charge in [0.05, 0.1) is 5.57 Å². The van der Waals surface area contributed by atoms with Crippen LogP contribution < -0.4 is 0 Å². The fourth-order valence-corrected chi connectivity index (χ4v) is 3.03. The predicted octanol–water partition coefficient (Wildman–Crippen LogP) is 4.58. The molecule has 0 saturated heterocycles. The summed E-state index contributed by atoms with van der Waals surface area (Å²) in [5, 5.41) is 2.12. The van der Waals surface area contributed by atoms with Gasteiger partial charge in [-0.25, -0.2) is 4.79 Å². The molecule has 136 valence electrons. The number of carbonyl (C=O) groups excluding carboxylic acids is 1. The fraction of sp³-hybridized carbons (Fsp3) is 0.292. The van der Waals surface area contributed by atoms with Gasteiger partial charge in [0.1, 0.15) is 6.61 Å². The molecule has 1 aliphatic carbocycles. The number of hydrogen-bond donors (Lipinski definition) is 0. The van der Waals surface area contributed by atoms with E-state index in [2.05, 4.69) is 23.7 Å². The molecule has 27 heavy (non-hydrogen) atoms. The van der Waals surface area contributed by atoms with Gasteiger partial charge in [-0.2, -0.15) is 0 Å². The lowest BCUT2D eigenvalue weighted by molar-refractivity contribution is -0.151. The van der Waals surface area contributed by atoms with Crippen LogP contribution in [0, 0.1) is 23.7 Å². The van der Waals surface area contributed by atoms with Crippen LogP contribution in [0.4, 0.5) is 0 Å². The molecule has 2 aromatic rings. The van der Waals surface area contributed by atoms with E-state index in [9.17, 15) is 4.79 Å². The molecule has 1 unspecified atom stereocenters. The highest BCUT2D eigenvalue weighted by molar-refractivity contribution is 5.87. The number of carbonyl (C=O) groups is 1. The van der Waals surface area contributed by atoms with E-state index < -0.39 is 12.1 Å². The molecule has 0 spiro atoms. The Morgan fingerprint density at radius 2 is 1.85 bits per heavy atom. The maximum Gasteiger partial charge on any atom is 0.333 e. The van der Waals surface area contributed by atoms with Gasteiger partial charge in [-0.3, -0.25) is 0 Å². The molecular formula is C24H22O3. The highest BCUT2D eigenvalue weighted by atomic mass is 16.6. The van der Waals surface area contributed by atoms with Gasteiger partial charge in [0.15, 0.2) is 6.10 Å². The maximum absolute atomic E-state index is 12.2. The monoisotopic (exact) mass is 358 g/mol. The Kier molecular flexibility index (Phi) is 6.69. The average molecular weight is 358 g/mol. The van der Waals surface area contributed by atoms with Gasteiger partial charge in [0.2, 0.25) is 0 Å². The van der Waals surface area contributed by atoms with Gasteiger partial charge >= 0.3 is 5.97 Å². The van der Waals surface area contributed by atoms with E-state index in [-0.39, 0.29) is 6.61 Å². The zero-order valence-electron chi connectivity index (χ0n) is 15.5. The molecule has 0 heterocycles. The minimum atomic E-state index is -0.611. The third-order valence-corrected chi connectivity index (χ3v) is 4.32. The van der Waals surface area contributed by atoms with Crippen LogP contribution in [0.1, 0.15) is 37.4 Å². The minimum Gasteiger partial charge on any atom is -0.450 e. The average Bonchev–Trinajstić information content (AvgIpc) is 2.70. The third kappa shape index (κ3) is 5.00. The molecular weight excluding hydrogens is 336 g/mol. The molecule has 3 heteroatoms. The second kappa shape index (κ2) is 9.62. The lowest BCUT2D eigenvalue weighted by Gasteiger charge is -2.20. The highest BCUT2D eigenvalue weighted by Gasteiger charge is 2.22. The second-order valence-electron chi connectivity index (χ2n) is 6.30. The zero-order chi connectivity index (χ0) is 18.9. The lowest BCUT2D eigenvalue weighted by Crippen LogP contribution is -2.17. The zero-order valence-corrected chi connectivity index (χ0v) is 15.5. The number of allylic oxidation sites excluding steroid dienone is 1. The van der Waals surface area contributed by atoms with Crippen LogP contribution in [0.2, 0.25) is 0 Å². The maximum atomic E-state index is 12.2. The summed E-state index contributed by atoms with van der Waals surface area (Å²) < 4.78 is 10.7. The van der Waals surface area contributed by atoms with Crippen LogP contribution in [0.3, 0.4) is 0 Å². The normalized spacial score (nSPS) is 16.7. The van der Waals surface area contributed by atoms with Crippen molar-refractivity contribution >= 4 is 16.7 Å². The number of fused-ring (bicyclic) bond motifs is 1. The molecule has 0 fully saturated rings. The van der Waals surface area contributed by atoms with Crippen LogP contribution in [0.5, 0.6) is 0 Å². The number of rotatable bonds is 5. The van der Waals surface area contributed by atoms with Gasteiger partial charge in [-0.1, -0.05) is 66.1 Å². The van der Waals surface area contributed by atoms with Crippen LogP contribution in [-0.4, -0.2) is 19.7 Å². The molecule has 3 nitrogen and oxygen atoms in total. The van der Waals surface area contributed by atoms with Crippen molar-refractivity contribution in [3.63, 3.8) is 0 Å². The summed E-state index contributed by atoms with van der Waals surface area (Å²) in [7, 11) is 1.47. The van der Waals surface area contributed by atoms with Gasteiger partial charge in [-0.05, 0) is 23.6 Å². The number of ether oxygens (including phenoxy) is 2. The van der Waals surface area contributed by atoms with Gasteiger partial charge < -0.3 is 9.47 Å². The molecule has 0 aromatic heterocycles. The summed E-state index contributed by atoms with van der Waals surface area (Å²) in [5.74, 6) is 12.2. The molecule has 0 aliphatic heterocycles. The van der Waals surface area contributed by atoms with Crippen molar-refractivity contribution in [1.29, 1.82) is 0 Å². The highest BCUT2D eigenvalue weighted by Crippen LogP contribution is 2.32. The number of esters is 1. The fourth-order valence-electron chi connectivity index (χ4n) is 3.03. The number of benzene rings is 2. The first-order valence-electron chi connectivity index (χ1n) is 9.13. The van der Waals surface area contributed by atoms with Gasteiger partial charge in [0.25, 0.3) is 0 Å². The SMILES string of the molecule is COCC(=O)OC(/C1=C/C#CCCCCC#C1)c1cccc2ccccc12. The van der Waals surface area contributed by atoms with Crippen LogP contribution in [0.25, 0.3) is 10.8 Å². The van der Waals surface area contributed by atoms with Crippen molar-refractivity contribution in [3.05, 3.63) is 59.7 Å². The first kappa shape index (κ1) is 18.8. The van der Waals surface area contributed by atoms with Crippen LogP contribution in [-0.2, 0) is 14.3 Å². The Morgan fingerprint density at radius 1 is 1.07 bits per heavy atom. The van der Waals surface area contributed by atoms with Crippen molar-refractivity contribution < 1.29 is 14.3 Å². The molecule has 0 saturated carbocycles. The summed E-state index contributed by atoms with van der Waals surface area (Å²) >= 11 is 0. The second-order valence-corrected chi connectivity index (χ2v) is 6.30. The van der Waals surface area contributed by atoms with E-state index in [1.807, 2.05) is 42.5 Å². The van der Waals surface area contributed by atoms with Gasteiger partial charge in [-0.15, -0.1) is 0 Å². The standard InChI is InChI=1S/C24H22O3/c1-26-18-23(25)27-24(20-13-7-5-3-2-4-6-8-14-20)22-17-11-15-19-12-9-10-16-21(19)22/h9-12,14-17,24H,2-5,18H2,1H3/b20-14+. The van der Waals surface area contributed by atoms with E-state index in [4.69, 9.17) is 9.47 Å². The van der Waals surface area contributed by atoms with Crippen molar-refractivity contribution in [2.45, 2.75) is 31.8 Å². The Labute approximate surface area is 160 Å². The smallest absolute Gasteiger partial charge is 0.333 e.